The number of rotatable bonds is 9. The van der Waals surface area contributed by atoms with E-state index in [9.17, 15) is 13.2 Å². The third-order valence-corrected chi connectivity index (χ3v) is 6.90. The minimum Gasteiger partial charge on any atom is -0.495 e. The topological polar surface area (TPSA) is 84.9 Å². The maximum Gasteiger partial charge on any atom is 0.264 e. The van der Waals surface area contributed by atoms with Crippen LogP contribution in [0.4, 0.5) is 11.4 Å². The summed E-state index contributed by atoms with van der Waals surface area (Å²) in [5.41, 5.74) is 0.706. The summed E-state index contributed by atoms with van der Waals surface area (Å²) in [6, 6.07) is 16.9. The van der Waals surface area contributed by atoms with Crippen molar-refractivity contribution in [1.82, 2.24) is 0 Å². The van der Waals surface area contributed by atoms with E-state index in [1.54, 1.807) is 36.4 Å². The normalized spacial score (nSPS) is 11.0. The number of benzene rings is 3. The van der Waals surface area contributed by atoms with Crippen LogP contribution in [0, 0.1) is 0 Å². The molecule has 0 aliphatic carbocycles. The van der Waals surface area contributed by atoms with E-state index in [1.807, 2.05) is 6.92 Å². The molecule has 0 heterocycles. The lowest BCUT2D eigenvalue weighted by Gasteiger charge is -2.24. The first-order chi connectivity index (χ1) is 15.7. The second-order valence-electron chi connectivity index (χ2n) is 6.79. The summed E-state index contributed by atoms with van der Waals surface area (Å²) in [5, 5.41) is 3.38. The molecular weight excluding hydrogens is 487 g/mol. The fourth-order valence-corrected chi connectivity index (χ4v) is 4.80. The molecule has 10 heteroatoms. The number of amides is 1. The number of carbonyl (C=O) groups excluding carboxylic acids is 1. The number of nitrogens with one attached hydrogen (secondary N) is 1. The van der Waals surface area contributed by atoms with Crippen LogP contribution in [0.25, 0.3) is 0 Å². The molecule has 1 N–H and O–H groups in total. The average Bonchev–Trinajstić information content (AvgIpc) is 2.79. The van der Waals surface area contributed by atoms with Gasteiger partial charge < -0.3 is 14.8 Å². The molecule has 0 bridgehead atoms. The summed E-state index contributed by atoms with van der Waals surface area (Å²) in [4.78, 5) is 12.8. The van der Waals surface area contributed by atoms with Gasteiger partial charge in [-0.2, -0.15) is 0 Å². The number of hydrogen-bond donors (Lipinski definition) is 1. The lowest BCUT2D eigenvalue weighted by molar-refractivity contribution is -0.114. The van der Waals surface area contributed by atoms with Crippen LogP contribution in [0.3, 0.4) is 0 Å². The van der Waals surface area contributed by atoms with Gasteiger partial charge in [-0.1, -0.05) is 23.2 Å². The van der Waals surface area contributed by atoms with Crippen molar-refractivity contribution in [2.75, 3.05) is 29.9 Å². The van der Waals surface area contributed by atoms with E-state index in [2.05, 4.69) is 5.32 Å². The second kappa shape index (κ2) is 10.8. The highest BCUT2D eigenvalue weighted by Gasteiger charge is 2.27. The third-order valence-electron chi connectivity index (χ3n) is 4.56. The van der Waals surface area contributed by atoms with E-state index in [0.29, 0.717) is 39.5 Å². The number of sulfonamides is 1. The SMILES string of the molecule is CCOc1ccc(N(CC(=O)Nc2ccc(OC)c(Cl)c2)S(=O)(=O)c2ccc(Cl)cc2)cc1. The zero-order chi connectivity index (χ0) is 24.0. The monoisotopic (exact) mass is 508 g/mol. The first-order valence-corrected chi connectivity index (χ1v) is 12.1. The van der Waals surface area contributed by atoms with Crippen LogP contribution in [-0.4, -0.2) is 34.6 Å². The van der Waals surface area contributed by atoms with E-state index in [4.69, 9.17) is 32.7 Å². The van der Waals surface area contributed by atoms with Crippen molar-refractivity contribution in [2.24, 2.45) is 0 Å². The van der Waals surface area contributed by atoms with Gasteiger partial charge in [0.2, 0.25) is 5.91 Å². The molecule has 0 aliphatic rings. The van der Waals surface area contributed by atoms with Crippen LogP contribution in [0.15, 0.2) is 71.6 Å². The minimum absolute atomic E-state index is 0.000997. The van der Waals surface area contributed by atoms with E-state index in [-0.39, 0.29) is 4.90 Å². The highest BCUT2D eigenvalue weighted by molar-refractivity contribution is 7.92. The maximum absolute atomic E-state index is 13.4. The molecular formula is C23H22Cl2N2O5S. The lowest BCUT2D eigenvalue weighted by Crippen LogP contribution is -2.38. The standard InChI is InChI=1S/C23H22Cl2N2O5S/c1-3-32-19-9-7-18(8-10-19)27(33(29,30)20-11-4-16(24)5-12-20)15-23(28)26-17-6-13-22(31-2)21(25)14-17/h4-14H,3,15H2,1-2H3,(H,26,28). The predicted molar refractivity (Wildman–Crippen MR) is 130 cm³/mol. The van der Waals surface area contributed by atoms with Crippen molar-refractivity contribution in [2.45, 2.75) is 11.8 Å². The number of carbonyl (C=O) groups is 1. The van der Waals surface area contributed by atoms with Crippen molar-refractivity contribution in [1.29, 1.82) is 0 Å². The van der Waals surface area contributed by atoms with Gasteiger partial charge in [-0.3, -0.25) is 9.10 Å². The van der Waals surface area contributed by atoms with Gasteiger partial charge in [0, 0.05) is 10.7 Å². The van der Waals surface area contributed by atoms with E-state index < -0.39 is 22.5 Å². The first kappa shape index (κ1) is 24.7. The predicted octanol–water partition coefficient (Wildman–Crippen LogP) is 5.23. The molecule has 0 fully saturated rings. The number of anilines is 2. The van der Waals surface area contributed by atoms with E-state index >= 15 is 0 Å². The Balaban J connectivity index is 1.91. The largest absolute Gasteiger partial charge is 0.495 e. The molecule has 33 heavy (non-hydrogen) atoms. The Morgan fingerprint density at radius 1 is 1.00 bits per heavy atom. The number of hydrogen-bond acceptors (Lipinski definition) is 5. The number of halogens is 2. The fraction of sp³-hybridized carbons (Fsp3) is 0.174. The molecule has 3 aromatic carbocycles. The van der Waals surface area contributed by atoms with Gasteiger partial charge in [-0.15, -0.1) is 0 Å². The van der Waals surface area contributed by atoms with Crippen LogP contribution in [0.1, 0.15) is 6.92 Å². The Hall–Kier alpha value is -2.94. The van der Waals surface area contributed by atoms with E-state index in [1.165, 1.54) is 37.4 Å². The maximum atomic E-state index is 13.4. The molecule has 1 amide bonds. The van der Waals surface area contributed by atoms with Crippen molar-refractivity contribution in [3.05, 3.63) is 76.8 Å². The lowest BCUT2D eigenvalue weighted by atomic mass is 10.3. The highest BCUT2D eigenvalue weighted by Crippen LogP contribution is 2.29. The number of methoxy groups -OCH3 is 1. The molecule has 0 aliphatic heterocycles. The second-order valence-corrected chi connectivity index (χ2v) is 9.50. The molecule has 0 saturated heterocycles. The summed E-state index contributed by atoms with van der Waals surface area (Å²) < 4.78 is 38.4. The van der Waals surface area contributed by atoms with Gasteiger partial charge in [0.1, 0.15) is 18.0 Å². The van der Waals surface area contributed by atoms with Crippen molar-refractivity contribution >= 4 is 50.5 Å². The molecule has 0 aromatic heterocycles. The average molecular weight is 509 g/mol. The Morgan fingerprint density at radius 2 is 1.67 bits per heavy atom. The zero-order valence-electron chi connectivity index (χ0n) is 17.9. The number of nitrogens with zero attached hydrogens (tertiary/aromatic N) is 1. The van der Waals surface area contributed by atoms with Crippen LogP contribution >= 0.6 is 23.2 Å². The Labute approximate surface area is 202 Å². The zero-order valence-corrected chi connectivity index (χ0v) is 20.2. The summed E-state index contributed by atoms with van der Waals surface area (Å²) >= 11 is 12.0. The van der Waals surface area contributed by atoms with Crippen molar-refractivity contribution in [3.63, 3.8) is 0 Å². The van der Waals surface area contributed by atoms with Gasteiger partial charge in [0.05, 0.1) is 29.3 Å². The summed E-state index contributed by atoms with van der Waals surface area (Å²) in [6.07, 6.45) is 0. The van der Waals surface area contributed by atoms with Gasteiger partial charge in [0.25, 0.3) is 10.0 Å². The van der Waals surface area contributed by atoms with Crippen LogP contribution in [-0.2, 0) is 14.8 Å². The molecule has 174 valence electrons. The van der Waals surface area contributed by atoms with Crippen molar-refractivity contribution < 1.29 is 22.7 Å². The molecule has 3 aromatic rings. The summed E-state index contributed by atoms with van der Waals surface area (Å²) in [7, 11) is -2.59. The van der Waals surface area contributed by atoms with Crippen molar-refractivity contribution in [3.8, 4) is 11.5 Å². The van der Waals surface area contributed by atoms with Gasteiger partial charge in [-0.05, 0) is 73.7 Å². The molecule has 3 rings (SSSR count). The molecule has 0 radical (unpaired) electrons. The number of ether oxygens (including phenoxy) is 2. The van der Waals surface area contributed by atoms with Crippen LogP contribution in [0.5, 0.6) is 11.5 Å². The van der Waals surface area contributed by atoms with E-state index in [0.717, 1.165) is 4.31 Å². The minimum atomic E-state index is -4.08. The first-order valence-electron chi connectivity index (χ1n) is 9.89. The smallest absolute Gasteiger partial charge is 0.264 e. The molecule has 7 nitrogen and oxygen atoms in total. The Morgan fingerprint density at radius 3 is 2.24 bits per heavy atom. The van der Waals surface area contributed by atoms with Gasteiger partial charge in [0.15, 0.2) is 0 Å². The third kappa shape index (κ3) is 6.10. The molecule has 0 saturated carbocycles. The molecule has 0 spiro atoms. The van der Waals surface area contributed by atoms with Gasteiger partial charge >= 0.3 is 0 Å². The summed E-state index contributed by atoms with van der Waals surface area (Å²) in [5.74, 6) is 0.487. The summed E-state index contributed by atoms with van der Waals surface area (Å²) in [6.45, 7) is 1.85. The van der Waals surface area contributed by atoms with Gasteiger partial charge in [-0.25, -0.2) is 8.42 Å². The molecule has 0 unspecified atom stereocenters. The van der Waals surface area contributed by atoms with Crippen LogP contribution in [0.2, 0.25) is 10.0 Å². The molecule has 0 atom stereocenters. The van der Waals surface area contributed by atoms with Crippen LogP contribution < -0.4 is 19.1 Å². The Bertz CT molecular complexity index is 1220. The quantitative estimate of drug-likeness (QED) is 0.427. The highest BCUT2D eigenvalue weighted by atomic mass is 35.5. The fourth-order valence-electron chi connectivity index (χ4n) is 3.00. The Kier molecular flexibility index (Phi) is 8.07.